The second-order valence-electron chi connectivity index (χ2n) is 5.65. The minimum Gasteiger partial charge on any atom is -0.469 e. The van der Waals surface area contributed by atoms with Crippen LogP contribution < -0.4 is 5.32 Å². The van der Waals surface area contributed by atoms with Crippen molar-refractivity contribution in [3.8, 4) is 0 Å². The molecule has 3 nitrogen and oxygen atoms in total. The Hall–Kier alpha value is -0.800. The fourth-order valence-corrected chi connectivity index (χ4v) is 2.52. The van der Waals surface area contributed by atoms with Gasteiger partial charge < -0.3 is 14.8 Å². The normalized spacial score (nSPS) is 25.1. The van der Waals surface area contributed by atoms with Crippen LogP contribution in [0.25, 0.3) is 0 Å². The summed E-state index contributed by atoms with van der Waals surface area (Å²) in [5.74, 6) is 1.10. The molecule has 0 fully saturated rings. The molecule has 1 aliphatic rings. The van der Waals surface area contributed by atoms with E-state index in [1.165, 1.54) is 5.56 Å². The van der Waals surface area contributed by atoms with Crippen LogP contribution in [0, 0.1) is 5.41 Å². The molecule has 0 saturated carbocycles. The Morgan fingerprint density at radius 2 is 2.38 bits per heavy atom. The molecule has 0 bridgehead atoms. The van der Waals surface area contributed by atoms with Gasteiger partial charge in [0.05, 0.1) is 12.9 Å². The maximum atomic E-state index is 9.11. The summed E-state index contributed by atoms with van der Waals surface area (Å²) in [7, 11) is 0. The van der Waals surface area contributed by atoms with E-state index in [-0.39, 0.29) is 18.1 Å². The van der Waals surface area contributed by atoms with Crippen LogP contribution >= 0.6 is 0 Å². The van der Waals surface area contributed by atoms with Gasteiger partial charge in [-0.15, -0.1) is 0 Å². The highest BCUT2D eigenvalue weighted by Gasteiger charge is 2.34. The number of rotatable bonds is 3. The fraction of sp³-hybridized carbons (Fsp3) is 0.692. The number of nitrogens with one attached hydrogen (secondary N) is 1. The van der Waals surface area contributed by atoms with E-state index in [0.717, 1.165) is 18.6 Å². The molecule has 0 aromatic carbocycles. The zero-order chi connectivity index (χ0) is 11.8. The first-order chi connectivity index (χ1) is 7.52. The van der Waals surface area contributed by atoms with Crippen LogP contribution in [0.2, 0.25) is 0 Å². The quantitative estimate of drug-likeness (QED) is 0.826. The summed E-state index contributed by atoms with van der Waals surface area (Å²) >= 11 is 0. The highest BCUT2D eigenvalue weighted by Crippen LogP contribution is 2.41. The highest BCUT2D eigenvalue weighted by atomic mass is 16.3. The Balaban J connectivity index is 2.20. The standard InChI is InChI=1S/C13H21NO2/c1-9(8-15)14-11-6-13(2,3)7-12-10(11)4-5-16-12/h4-5,9,11,14-15H,6-8H2,1-3H3/t9-,11?/m0/s1. The molecule has 2 atom stereocenters. The molecular formula is C13H21NO2. The first kappa shape index (κ1) is 11.7. The summed E-state index contributed by atoms with van der Waals surface area (Å²) in [4.78, 5) is 0. The van der Waals surface area contributed by atoms with E-state index >= 15 is 0 Å². The van der Waals surface area contributed by atoms with Crippen molar-refractivity contribution >= 4 is 0 Å². The predicted molar refractivity (Wildman–Crippen MR) is 63.2 cm³/mol. The molecule has 0 amide bonds. The van der Waals surface area contributed by atoms with Gasteiger partial charge in [-0.25, -0.2) is 0 Å². The minimum absolute atomic E-state index is 0.127. The Morgan fingerprint density at radius 3 is 3.06 bits per heavy atom. The van der Waals surface area contributed by atoms with Crippen molar-refractivity contribution in [2.24, 2.45) is 5.41 Å². The third-order valence-corrected chi connectivity index (χ3v) is 3.31. The summed E-state index contributed by atoms with van der Waals surface area (Å²) in [6.45, 7) is 6.69. The van der Waals surface area contributed by atoms with E-state index in [0.29, 0.717) is 6.04 Å². The van der Waals surface area contributed by atoms with Gasteiger partial charge in [-0.1, -0.05) is 13.8 Å². The lowest BCUT2D eigenvalue weighted by atomic mass is 9.74. The van der Waals surface area contributed by atoms with Gasteiger partial charge in [0.25, 0.3) is 0 Å². The lowest BCUT2D eigenvalue weighted by molar-refractivity contribution is 0.196. The number of aliphatic hydroxyl groups excluding tert-OH is 1. The summed E-state index contributed by atoms with van der Waals surface area (Å²) in [6, 6.07) is 2.48. The molecule has 0 spiro atoms. The van der Waals surface area contributed by atoms with E-state index in [2.05, 4.69) is 19.2 Å². The van der Waals surface area contributed by atoms with Gasteiger partial charge in [0.2, 0.25) is 0 Å². The van der Waals surface area contributed by atoms with Crippen LogP contribution in [0.3, 0.4) is 0 Å². The Bertz CT molecular complexity index is 357. The monoisotopic (exact) mass is 223 g/mol. The predicted octanol–water partition coefficient (Wildman–Crippen LogP) is 2.26. The van der Waals surface area contributed by atoms with Gasteiger partial charge in [-0.3, -0.25) is 0 Å². The Kier molecular flexibility index (Phi) is 3.08. The van der Waals surface area contributed by atoms with E-state index < -0.39 is 0 Å². The van der Waals surface area contributed by atoms with Gasteiger partial charge >= 0.3 is 0 Å². The Morgan fingerprint density at radius 1 is 1.62 bits per heavy atom. The van der Waals surface area contributed by atoms with E-state index in [1.807, 2.05) is 13.0 Å². The maximum absolute atomic E-state index is 9.11. The number of aliphatic hydroxyl groups is 1. The van der Waals surface area contributed by atoms with Crippen molar-refractivity contribution in [1.82, 2.24) is 5.32 Å². The van der Waals surface area contributed by atoms with Crippen LogP contribution in [0.5, 0.6) is 0 Å². The number of hydrogen-bond acceptors (Lipinski definition) is 3. The fourth-order valence-electron chi connectivity index (χ4n) is 2.52. The molecule has 1 aromatic rings. The molecule has 3 heteroatoms. The topological polar surface area (TPSA) is 45.4 Å². The molecule has 2 N–H and O–H groups in total. The average Bonchev–Trinajstić information content (AvgIpc) is 2.63. The first-order valence-corrected chi connectivity index (χ1v) is 5.95. The third kappa shape index (κ3) is 2.30. The Labute approximate surface area is 96.8 Å². The van der Waals surface area contributed by atoms with Crippen LogP contribution in [0.15, 0.2) is 16.7 Å². The molecule has 1 unspecified atom stereocenters. The largest absolute Gasteiger partial charge is 0.469 e. The third-order valence-electron chi connectivity index (χ3n) is 3.31. The van der Waals surface area contributed by atoms with Gasteiger partial charge in [0.1, 0.15) is 5.76 Å². The van der Waals surface area contributed by atoms with Crippen molar-refractivity contribution in [2.45, 2.75) is 45.7 Å². The smallest absolute Gasteiger partial charge is 0.109 e. The minimum atomic E-state index is 0.127. The summed E-state index contributed by atoms with van der Waals surface area (Å²) in [5.41, 5.74) is 1.53. The molecule has 2 rings (SSSR count). The molecule has 1 heterocycles. The van der Waals surface area contributed by atoms with Gasteiger partial charge in [-0.2, -0.15) is 0 Å². The van der Waals surface area contributed by atoms with Crippen molar-refractivity contribution in [3.05, 3.63) is 23.7 Å². The maximum Gasteiger partial charge on any atom is 0.109 e. The van der Waals surface area contributed by atoms with Crippen LogP contribution in [-0.2, 0) is 6.42 Å². The molecule has 0 aliphatic heterocycles. The van der Waals surface area contributed by atoms with Crippen molar-refractivity contribution < 1.29 is 9.52 Å². The SMILES string of the molecule is C[C@@H](CO)NC1CC(C)(C)Cc2occc21. The van der Waals surface area contributed by atoms with Crippen LogP contribution in [-0.4, -0.2) is 17.8 Å². The van der Waals surface area contributed by atoms with Crippen molar-refractivity contribution in [3.63, 3.8) is 0 Å². The molecule has 0 radical (unpaired) electrons. The van der Waals surface area contributed by atoms with Gasteiger partial charge in [0.15, 0.2) is 0 Å². The highest BCUT2D eigenvalue weighted by molar-refractivity contribution is 5.26. The van der Waals surface area contributed by atoms with Crippen molar-refractivity contribution in [1.29, 1.82) is 0 Å². The first-order valence-electron chi connectivity index (χ1n) is 5.95. The number of hydrogen-bond donors (Lipinski definition) is 2. The van der Waals surface area contributed by atoms with E-state index in [4.69, 9.17) is 9.52 Å². The number of furan rings is 1. The lowest BCUT2D eigenvalue weighted by Crippen LogP contribution is -2.38. The zero-order valence-corrected chi connectivity index (χ0v) is 10.3. The van der Waals surface area contributed by atoms with Crippen LogP contribution in [0.1, 0.15) is 44.6 Å². The lowest BCUT2D eigenvalue weighted by Gasteiger charge is -2.36. The second kappa shape index (κ2) is 4.22. The summed E-state index contributed by atoms with van der Waals surface area (Å²) in [5, 5.41) is 12.6. The summed E-state index contributed by atoms with van der Waals surface area (Å²) in [6.07, 6.45) is 3.86. The zero-order valence-electron chi connectivity index (χ0n) is 10.3. The summed E-state index contributed by atoms with van der Waals surface area (Å²) < 4.78 is 5.53. The average molecular weight is 223 g/mol. The molecule has 1 aliphatic carbocycles. The van der Waals surface area contributed by atoms with Gasteiger partial charge in [0, 0.05) is 24.1 Å². The second-order valence-corrected chi connectivity index (χ2v) is 5.65. The molecular weight excluding hydrogens is 202 g/mol. The molecule has 0 saturated heterocycles. The van der Waals surface area contributed by atoms with Crippen molar-refractivity contribution in [2.75, 3.05) is 6.61 Å². The molecule has 1 aromatic heterocycles. The van der Waals surface area contributed by atoms with Crippen LogP contribution in [0.4, 0.5) is 0 Å². The molecule has 16 heavy (non-hydrogen) atoms. The van der Waals surface area contributed by atoms with E-state index in [9.17, 15) is 0 Å². The molecule has 90 valence electrons. The van der Waals surface area contributed by atoms with E-state index in [1.54, 1.807) is 6.26 Å². The van der Waals surface area contributed by atoms with Gasteiger partial charge in [-0.05, 0) is 24.8 Å². The number of fused-ring (bicyclic) bond motifs is 1.